The lowest BCUT2D eigenvalue weighted by atomic mass is 10.1. The van der Waals surface area contributed by atoms with E-state index in [9.17, 15) is 4.79 Å². The van der Waals surface area contributed by atoms with E-state index in [0.717, 1.165) is 50.0 Å². The molecule has 6 heteroatoms. The summed E-state index contributed by atoms with van der Waals surface area (Å²) in [7, 11) is 1.60. The van der Waals surface area contributed by atoms with Crippen molar-refractivity contribution in [3.63, 3.8) is 0 Å². The number of amides is 1. The molecule has 0 unspecified atom stereocenters. The van der Waals surface area contributed by atoms with Crippen LogP contribution in [-0.4, -0.2) is 55.6 Å². The molecule has 1 amide bonds. The minimum absolute atomic E-state index is 0.0359. The molecule has 0 aliphatic carbocycles. The second-order valence-corrected chi connectivity index (χ2v) is 8.54. The van der Waals surface area contributed by atoms with Gasteiger partial charge in [0, 0.05) is 38.3 Å². The molecule has 0 atom stereocenters. The summed E-state index contributed by atoms with van der Waals surface area (Å²) in [5, 5.41) is 0. The molecule has 3 rings (SSSR count). The Bertz CT molecular complexity index is 872. The first-order valence-electron chi connectivity index (χ1n) is 10.6. The maximum atomic E-state index is 13.2. The molecule has 5 nitrogen and oxygen atoms in total. The fourth-order valence-corrected chi connectivity index (χ4v) is 4.29. The molecule has 0 bridgehead atoms. The van der Waals surface area contributed by atoms with Crippen LogP contribution in [-0.2, 0) is 6.54 Å². The average Bonchev–Trinajstić information content (AvgIpc) is 2.99. The molecule has 0 N–H and O–H groups in total. The van der Waals surface area contributed by atoms with Crippen molar-refractivity contribution in [1.29, 1.82) is 0 Å². The molecule has 2 aromatic rings. The van der Waals surface area contributed by atoms with E-state index in [1.54, 1.807) is 13.2 Å². The molecule has 1 fully saturated rings. The van der Waals surface area contributed by atoms with E-state index in [2.05, 4.69) is 58.9 Å². The Labute approximate surface area is 188 Å². The van der Waals surface area contributed by atoms with Gasteiger partial charge in [0.05, 0.1) is 18.2 Å². The predicted molar refractivity (Wildman–Crippen MR) is 123 cm³/mol. The summed E-state index contributed by atoms with van der Waals surface area (Å²) in [6.45, 7) is 9.09. The molecule has 1 saturated heterocycles. The number of hydrogen-bond acceptors (Lipinski definition) is 4. The minimum atomic E-state index is 0.0359. The highest BCUT2D eigenvalue weighted by Gasteiger charge is 2.23. The van der Waals surface area contributed by atoms with Gasteiger partial charge in [-0.25, -0.2) is 0 Å². The fraction of sp³-hybridized carbons (Fsp3) is 0.458. The second-order valence-electron chi connectivity index (χ2n) is 7.69. The summed E-state index contributed by atoms with van der Waals surface area (Å²) in [4.78, 5) is 17.6. The summed E-state index contributed by atoms with van der Waals surface area (Å²) in [5.41, 5.74) is 3.29. The lowest BCUT2D eigenvalue weighted by Gasteiger charge is -2.23. The smallest absolute Gasteiger partial charge is 0.254 e. The van der Waals surface area contributed by atoms with E-state index in [-0.39, 0.29) is 5.91 Å². The Hall–Kier alpha value is -2.05. The molecular weight excluding hydrogens is 444 g/mol. The van der Waals surface area contributed by atoms with Gasteiger partial charge >= 0.3 is 0 Å². The highest BCUT2D eigenvalue weighted by Crippen LogP contribution is 2.37. The van der Waals surface area contributed by atoms with Crippen LogP contribution in [0.1, 0.15) is 41.3 Å². The third kappa shape index (κ3) is 5.55. The molecule has 0 spiro atoms. The zero-order valence-electron chi connectivity index (χ0n) is 18.1. The molecule has 30 heavy (non-hydrogen) atoms. The number of halogens is 1. The second kappa shape index (κ2) is 10.8. The molecule has 1 heterocycles. The van der Waals surface area contributed by atoms with Crippen molar-refractivity contribution in [3.05, 3.63) is 57.6 Å². The lowest BCUT2D eigenvalue weighted by Crippen LogP contribution is -2.35. The molecule has 0 saturated carbocycles. The van der Waals surface area contributed by atoms with Crippen molar-refractivity contribution in [1.82, 2.24) is 9.80 Å². The SMILES string of the molecule is CCCOc1c(Br)cc(C(=O)N2CCCN(Cc3ccccc3C)CC2)cc1OC. The van der Waals surface area contributed by atoms with E-state index in [1.807, 2.05) is 11.0 Å². The zero-order chi connectivity index (χ0) is 21.5. The summed E-state index contributed by atoms with van der Waals surface area (Å²) in [6.07, 6.45) is 1.87. The van der Waals surface area contributed by atoms with Crippen LogP contribution < -0.4 is 9.47 Å². The fourth-order valence-electron chi connectivity index (χ4n) is 3.73. The maximum absolute atomic E-state index is 13.2. The minimum Gasteiger partial charge on any atom is -0.493 e. The first-order valence-corrected chi connectivity index (χ1v) is 11.4. The van der Waals surface area contributed by atoms with Gasteiger partial charge in [0.1, 0.15) is 0 Å². The van der Waals surface area contributed by atoms with Crippen LogP contribution >= 0.6 is 15.9 Å². The van der Waals surface area contributed by atoms with Crippen LogP contribution in [0.2, 0.25) is 0 Å². The number of benzene rings is 2. The van der Waals surface area contributed by atoms with Gasteiger partial charge in [0.15, 0.2) is 11.5 Å². The topological polar surface area (TPSA) is 42.0 Å². The first kappa shape index (κ1) is 22.6. The van der Waals surface area contributed by atoms with Crippen LogP contribution in [0.15, 0.2) is 40.9 Å². The third-order valence-electron chi connectivity index (χ3n) is 5.46. The highest BCUT2D eigenvalue weighted by molar-refractivity contribution is 9.10. The molecule has 1 aliphatic heterocycles. The summed E-state index contributed by atoms with van der Waals surface area (Å²) in [5.74, 6) is 1.27. The van der Waals surface area contributed by atoms with Gasteiger partial charge < -0.3 is 14.4 Å². The van der Waals surface area contributed by atoms with Crippen LogP contribution in [0.5, 0.6) is 11.5 Å². The normalized spacial score (nSPS) is 15.0. The van der Waals surface area contributed by atoms with E-state index >= 15 is 0 Å². The largest absolute Gasteiger partial charge is 0.493 e. The third-order valence-corrected chi connectivity index (χ3v) is 6.05. The monoisotopic (exact) mass is 474 g/mol. The number of hydrogen-bond donors (Lipinski definition) is 0. The number of carbonyl (C=O) groups is 1. The number of aryl methyl sites for hydroxylation is 1. The highest BCUT2D eigenvalue weighted by atomic mass is 79.9. The number of nitrogens with zero attached hydrogens (tertiary/aromatic N) is 2. The van der Waals surface area contributed by atoms with Crippen LogP contribution in [0.3, 0.4) is 0 Å². The Morgan fingerprint density at radius 2 is 1.93 bits per heavy atom. The van der Waals surface area contributed by atoms with Gasteiger partial charge in [-0.2, -0.15) is 0 Å². The molecule has 0 radical (unpaired) electrons. The first-order chi connectivity index (χ1) is 14.5. The quantitative estimate of drug-likeness (QED) is 0.571. The lowest BCUT2D eigenvalue weighted by molar-refractivity contribution is 0.0760. The predicted octanol–water partition coefficient (Wildman–Crippen LogP) is 4.90. The van der Waals surface area contributed by atoms with E-state index in [0.29, 0.717) is 23.7 Å². The van der Waals surface area contributed by atoms with Gasteiger partial charge in [0.25, 0.3) is 5.91 Å². The van der Waals surface area contributed by atoms with Gasteiger partial charge in [-0.1, -0.05) is 31.2 Å². The molecule has 0 aromatic heterocycles. The van der Waals surface area contributed by atoms with Crippen molar-refractivity contribution < 1.29 is 14.3 Å². The van der Waals surface area contributed by atoms with E-state index in [4.69, 9.17) is 9.47 Å². The van der Waals surface area contributed by atoms with Crippen LogP contribution in [0, 0.1) is 6.92 Å². The number of rotatable bonds is 7. The molecule has 162 valence electrons. The number of methoxy groups -OCH3 is 1. The Kier molecular flexibility index (Phi) is 8.16. The van der Waals surface area contributed by atoms with Gasteiger partial charge in [-0.05, 0) is 59.0 Å². The summed E-state index contributed by atoms with van der Waals surface area (Å²) >= 11 is 3.55. The van der Waals surface area contributed by atoms with Crippen molar-refractivity contribution in [2.45, 2.75) is 33.2 Å². The number of ether oxygens (including phenoxy) is 2. The molecule has 2 aromatic carbocycles. The summed E-state index contributed by atoms with van der Waals surface area (Å²) < 4.78 is 12.0. The van der Waals surface area contributed by atoms with Crippen molar-refractivity contribution >= 4 is 21.8 Å². The molecular formula is C24H31BrN2O3. The average molecular weight is 475 g/mol. The Morgan fingerprint density at radius 1 is 1.13 bits per heavy atom. The van der Waals surface area contributed by atoms with Gasteiger partial charge in [0.2, 0.25) is 0 Å². The zero-order valence-corrected chi connectivity index (χ0v) is 19.7. The Balaban J connectivity index is 1.68. The van der Waals surface area contributed by atoms with E-state index in [1.165, 1.54) is 11.1 Å². The van der Waals surface area contributed by atoms with Crippen molar-refractivity contribution in [2.24, 2.45) is 0 Å². The number of carbonyl (C=O) groups excluding carboxylic acids is 1. The van der Waals surface area contributed by atoms with Gasteiger partial charge in [-0.3, -0.25) is 9.69 Å². The molecule has 1 aliphatic rings. The van der Waals surface area contributed by atoms with Gasteiger partial charge in [-0.15, -0.1) is 0 Å². The standard InChI is InChI=1S/C24H31BrN2O3/c1-4-14-30-23-21(25)15-20(16-22(23)29-3)24(28)27-11-7-10-26(12-13-27)17-19-9-6-5-8-18(19)2/h5-6,8-9,15-16H,4,7,10-14,17H2,1-3H3. The Morgan fingerprint density at radius 3 is 2.67 bits per heavy atom. The maximum Gasteiger partial charge on any atom is 0.254 e. The van der Waals surface area contributed by atoms with Crippen LogP contribution in [0.25, 0.3) is 0 Å². The van der Waals surface area contributed by atoms with E-state index < -0.39 is 0 Å². The van der Waals surface area contributed by atoms with Crippen molar-refractivity contribution in [2.75, 3.05) is 39.9 Å². The van der Waals surface area contributed by atoms with Crippen LogP contribution in [0.4, 0.5) is 0 Å². The summed E-state index contributed by atoms with van der Waals surface area (Å²) in [6, 6.07) is 12.1. The van der Waals surface area contributed by atoms with Crippen molar-refractivity contribution in [3.8, 4) is 11.5 Å².